The van der Waals surface area contributed by atoms with Gasteiger partial charge in [0.1, 0.15) is 0 Å². The van der Waals surface area contributed by atoms with Crippen molar-refractivity contribution in [2.24, 2.45) is 11.3 Å². The molecule has 0 rings (SSSR count). The van der Waals surface area contributed by atoms with E-state index in [4.69, 9.17) is 4.74 Å². The quantitative estimate of drug-likeness (QED) is 0.759. The molecule has 2 atom stereocenters. The summed E-state index contributed by atoms with van der Waals surface area (Å²) in [6.45, 7) is 14.8. The van der Waals surface area contributed by atoms with E-state index in [9.17, 15) is 5.11 Å². The third-order valence-corrected chi connectivity index (χ3v) is 2.77. The Bertz CT molecular complexity index is 162. The van der Waals surface area contributed by atoms with Crippen molar-refractivity contribution < 1.29 is 9.84 Å². The Morgan fingerprint density at radius 3 is 1.79 bits per heavy atom. The molecule has 0 unspecified atom stereocenters. The third kappa shape index (κ3) is 5.61. The van der Waals surface area contributed by atoms with Crippen molar-refractivity contribution in [2.45, 2.75) is 60.2 Å². The van der Waals surface area contributed by atoms with E-state index >= 15 is 0 Å². The van der Waals surface area contributed by atoms with Crippen LogP contribution in [0.1, 0.15) is 48.5 Å². The van der Waals surface area contributed by atoms with Crippen LogP contribution >= 0.6 is 0 Å². The van der Waals surface area contributed by atoms with Crippen LogP contribution in [0.3, 0.4) is 0 Å². The molecule has 0 spiro atoms. The molecule has 0 aromatic heterocycles. The fourth-order valence-corrected chi connectivity index (χ4v) is 1.18. The molecule has 2 nitrogen and oxygen atoms in total. The van der Waals surface area contributed by atoms with E-state index in [1.165, 1.54) is 0 Å². The van der Waals surface area contributed by atoms with Gasteiger partial charge in [0.15, 0.2) is 0 Å². The zero-order valence-electron chi connectivity index (χ0n) is 10.7. The van der Waals surface area contributed by atoms with Crippen molar-refractivity contribution in [1.82, 2.24) is 0 Å². The predicted octanol–water partition coefficient (Wildman–Crippen LogP) is 2.84. The van der Waals surface area contributed by atoms with E-state index in [0.29, 0.717) is 12.5 Å². The highest BCUT2D eigenvalue weighted by Gasteiger charge is 2.27. The summed E-state index contributed by atoms with van der Waals surface area (Å²) in [4.78, 5) is 0. The first-order valence-corrected chi connectivity index (χ1v) is 5.38. The zero-order valence-corrected chi connectivity index (χ0v) is 10.7. The minimum atomic E-state index is -0.730. The highest BCUT2D eigenvalue weighted by atomic mass is 16.5. The van der Waals surface area contributed by atoms with Gasteiger partial charge in [-0.1, -0.05) is 27.7 Å². The van der Waals surface area contributed by atoms with Gasteiger partial charge in [0.2, 0.25) is 0 Å². The maximum absolute atomic E-state index is 9.53. The monoisotopic (exact) mass is 202 g/mol. The molecular formula is C12H26O2. The summed E-state index contributed by atoms with van der Waals surface area (Å²) in [5.41, 5.74) is -0.481. The molecule has 2 heteroatoms. The van der Waals surface area contributed by atoms with Gasteiger partial charge in [-0.2, -0.15) is 0 Å². The average Bonchev–Trinajstić information content (AvgIpc) is 1.95. The number of aliphatic hydroxyl groups is 1. The Morgan fingerprint density at radius 1 is 1.07 bits per heavy atom. The topological polar surface area (TPSA) is 29.5 Å². The molecule has 0 aliphatic heterocycles. The largest absolute Gasteiger partial charge is 0.388 e. The van der Waals surface area contributed by atoms with Gasteiger partial charge in [-0.25, -0.2) is 0 Å². The molecule has 0 bridgehead atoms. The molecule has 0 heterocycles. The first-order chi connectivity index (χ1) is 6.04. The van der Waals surface area contributed by atoms with Crippen molar-refractivity contribution in [3.8, 4) is 0 Å². The van der Waals surface area contributed by atoms with E-state index in [0.717, 1.165) is 0 Å². The van der Waals surface area contributed by atoms with E-state index in [-0.39, 0.29) is 11.5 Å². The second-order valence-corrected chi connectivity index (χ2v) is 5.98. The minimum absolute atomic E-state index is 0.182. The number of hydrogen-bond donors (Lipinski definition) is 1. The van der Waals surface area contributed by atoms with E-state index in [2.05, 4.69) is 34.6 Å². The highest BCUT2D eigenvalue weighted by Crippen LogP contribution is 2.29. The van der Waals surface area contributed by atoms with Gasteiger partial charge < -0.3 is 9.84 Å². The third-order valence-electron chi connectivity index (χ3n) is 2.77. The Labute approximate surface area is 88.7 Å². The standard InChI is InChI=1S/C12H26O2/c1-9(11(3,4)5)10(2)14-8-12(6,7)13/h9-10,13H,8H2,1-7H3/t9-,10+/m1/s1. The normalized spacial score (nSPS) is 18.0. The van der Waals surface area contributed by atoms with Crippen molar-refractivity contribution in [3.63, 3.8) is 0 Å². The second kappa shape index (κ2) is 4.63. The molecule has 0 amide bonds. The van der Waals surface area contributed by atoms with Gasteiger partial charge in [-0.3, -0.25) is 0 Å². The molecule has 0 saturated carbocycles. The summed E-state index contributed by atoms with van der Waals surface area (Å²) < 4.78 is 5.64. The smallest absolute Gasteiger partial charge is 0.0824 e. The second-order valence-electron chi connectivity index (χ2n) is 5.98. The average molecular weight is 202 g/mol. The first kappa shape index (κ1) is 13.9. The molecule has 0 saturated heterocycles. The van der Waals surface area contributed by atoms with Crippen molar-refractivity contribution in [3.05, 3.63) is 0 Å². The summed E-state index contributed by atoms with van der Waals surface area (Å²) >= 11 is 0. The molecule has 0 aliphatic rings. The molecule has 14 heavy (non-hydrogen) atoms. The summed E-state index contributed by atoms with van der Waals surface area (Å²) in [6.07, 6.45) is 0.182. The van der Waals surface area contributed by atoms with Crippen LogP contribution in [0.4, 0.5) is 0 Å². The molecule has 0 aromatic carbocycles. The van der Waals surface area contributed by atoms with Crippen LogP contribution in [0.2, 0.25) is 0 Å². The van der Waals surface area contributed by atoms with Gasteiger partial charge in [0.05, 0.1) is 18.3 Å². The Kier molecular flexibility index (Phi) is 4.60. The van der Waals surface area contributed by atoms with E-state index < -0.39 is 5.60 Å². The summed E-state index contributed by atoms with van der Waals surface area (Å²) in [7, 11) is 0. The van der Waals surface area contributed by atoms with Crippen molar-refractivity contribution in [2.75, 3.05) is 6.61 Å². The van der Waals surface area contributed by atoms with Crippen LogP contribution in [0, 0.1) is 11.3 Å². The predicted molar refractivity (Wildman–Crippen MR) is 60.3 cm³/mol. The number of ether oxygens (including phenoxy) is 1. The SMILES string of the molecule is C[C@H](OCC(C)(C)O)[C@@H](C)C(C)(C)C. The van der Waals surface area contributed by atoms with E-state index in [1.54, 1.807) is 13.8 Å². The molecule has 0 radical (unpaired) electrons. The molecule has 86 valence electrons. The van der Waals surface area contributed by atoms with Gasteiger partial charge in [-0.05, 0) is 32.1 Å². The number of rotatable bonds is 4. The van der Waals surface area contributed by atoms with Crippen LogP contribution in [0.15, 0.2) is 0 Å². The van der Waals surface area contributed by atoms with Crippen LogP contribution in [-0.4, -0.2) is 23.4 Å². The summed E-state index contributed by atoms with van der Waals surface area (Å²) in [5, 5.41) is 9.53. The van der Waals surface area contributed by atoms with Crippen LogP contribution in [0.25, 0.3) is 0 Å². The van der Waals surface area contributed by atoms with Gasteiger partial charge >= 0.3 is 0 Å². The lowest BCUT2D eigenvalue weighted by molar-refractivity contribution is -0.0762. The summed E-state index contributed by atoms with van der Waals surface area (Å²) in [5.74, 6) is 0.477. The Morgan fingerprint density at radius 2 is 1.50 bits per heavy atom. The first-order valence-electron chi connectivity index (χ1n) is 5.38. The minimum Gasteiger partial charge on any atom is -0.388 e. The Hall–Kier alpha value is -0.0800. The van der Waals surface area contributed by atoms with Gasteiger partial charge in [-0.15, -0.1) is 0 Å². The lowest BCUT2D eigenvalue weighted by Gasteiger charge is -2.33. The molecule has 0 aliphatic carbocycles. The number of hydrogen-bond acceptors (Lipinski definition) is 2. The van der Waals surface area contributed by atoms with Crippen LogP contribution < -0.4 is 0 Å². The van der Waals surface area contributed by atoms with E-state index in [1.807, 2.05) is 0 Å². The molecule has 0 fully saturated rings. The maximum atomic E-state index is 9.53. The lowest BCUT2D eigenvalue weighted by atomic mass is 9.79. The van der Waals surface area contributed by atoms with Crippen molar-refractivity contribution in [1.29, 1.82) is 0 Å². The maximum Gasteiger partial charge on any atom is 0.0824 e. The zero-order chi connectivity index (χ0) is 11.6. The molecule has 0 aromatic rings. The van der Waals surface area contributed by atoms with Crippen molar-refractivity contribution >= 4 is 0 Å². The van der Waals surface area contributed by atoms with Gasteiger partial charge in [0.25, 0.3) is 0 Å². The molecular weight excluding hydrogens is 176 g/mol. The Balaban J connectivity index is 4.03. The van der Waals surface area contributed by atoms with Gasteiger partial charge in [0, 0.05) is 0 Å². The van der Waals surface area contributed by atoms with Crippen LogP contribution in [-0.2, 0) is 4.74 Å². The molecule has 1 N–H and O–H groups in total. The lowest BCUT2D eigenvalue weighted by Crippen LogP contribution is -2.34. The fourth-order valence-electron chi connectivity index (χ4n) is 1.18. The summed E-state index contributed by atoms with van der Waals surface area (Å²) in [6, 6.07) is 0. The van der Waals surface area contributed by atoms with Crippen LogP contribution in [0.5, 0.6) is 0 Å². The highest BCUT2D eigenvalue weighted by molar-refractivity contribution is 4.76. The fraction of sp³-hybridized carbons (Fsp3) is 1.00.